The first kappa shape index (κ1) is 22.2. The van der Waals surface area contributed by atoms with Gasteiger partial charge in [-0.3, -0.25) is 4.99 Å². The summed E-state index contributed by atoms with van der Waals surface area (Å²) >= 11 is 0. The number of hydrogen-bond acceptors (Lipinski definition) is 4. The summed E-state index contributed by atoms with van der Waals surface area (Å²) in [6.45, 7) is 2.55. The highest BCUT2D eigenvalue weighted by atomic mass is 127. The summed E-state index contributed by atoms with van der Waals surface area (Å²) in [6, 6.07) is 16.1. The molecule has 2 aromatic rings. The summed E-state index contributed by atoms with van der Waals surface area (Å²) in [5.41, 5.74) is 2.14. The van der Waals surface area contributed by atoms with E-state index in [1.165, 1.54) is 5.56 Å². The average molecular weight is 469 g/mol. The predicted octanol–water partition coefficient (Wildman–Crippen LogP) is 2.65. The van der Waals surface area contributed by atoms with Gasteiger partial charge >= 0.3 is 0 Å². The lowest BCUT2D eigenvalue weighted by atomic mass is 10.2. The molecule has 0 aliphatic carbocycles. The molecule has 0 atom stereocenters. The normalized spacial score (nSPS) is 10.8. The third-order valence-corrected chi connectivity index (χ3v) is 3.56. The second kappa shape index (κ2) is 12.5. The van der Waals surface area contributed by atoms with Crippen molar-refractivity contribution in [3.8, 4) is 0 Å². The minimum absolute atomic E-state index is 0. The predicted molar refractivity (Wildman–Crippen MR) is 118 cm³/mol. The highest BCUT2D eigenvalue weighted by molar-refractivity contribution is 14.0. The summed E-state index contributed by atoms with van der Waals surface area (Å²) in [5, 5.41) is 6.50. The van der Waals surface area contributed by atoms with Crippen molar-refractivity contribution in [1.82, 2.24) is 15.6 Å². The van der Waals surface area contributed by atoms with Crippen LogP contribution < -0.4 is 15.5 Å². The Balaban J connectivity index is 0.00000338. The van der Waals surface area contributed by atoms with E-state index in [1.807, 2.05) is 55.4 Å². The number of aliphatic imine (C=N–C) groups is 1. The minimum Gasteiger partial charge on any atom is -0.375 e. The maximum absolute atomic E-state index is 5.66. The zero-order chi connectivity index (χ0) is 17.9. The largest absolute Gasteiger partial charge is 0.375 e. The fourth-order valence-electron chi connectivity index (χ4n) is 2.22. The monoisotopic (exact) mass is 469 g/mol. The van der Waals surface area contributed by atoms with Crippen molar-refractivity contribution in [1.29, 1.82) is 0 Å². The van der Waals surface area contributed by atoms with E-state index < -0.39 is 0 Å². The molecule has 0 aliphatic heterocycles. The van der Waals surface area contributed by atoms with Crippen LogP contribution in [0.5, 0.6) is 0 Å². The molecule has 0 unspecified atom stereocenters. The maximum Gasteiger partial charge on any atom is 0.191 e. The highest BCUT2D eigenvalue weighted by Gasteiger charge is 2.02. The molecule has 0 amide bonds. The molecule has 2 rings (SSSR count). The van der Waals surface area contributed by atoms with Crippen molar-refractivity contribution in [2.24, 2.45) is 4.99 Å². The van der Waals surface area contributed by atoms with E-state index in [2.05, 4.69) is 32.7 Å². The van der Waals surface area contributed by atoms with Gasteiger partial charge in [0.05, 0.1) is 25.5 Å². The Kier molecular flexibility index (Phi) is 10.6. The van der Waals surface area contributed by atoms with E-state index in [0.29, 0.717) is 26.3 Å². The van der Waals surface area contributed by atoms with Crippen molar-refractivity contribution in [3.05, 3.63) is 59.8 Å². The first-order valence-electron chi connectivity index (χ1n) is 8.38. The van der Waals surface area contributed by atoms with Crippen LogP contribution in [0.25, 0.3) is 0 Å². The summed E-state index contributed by atoms with van der Waals surface area (Å²) < 4.78 is 5.66. The molecule has 1 aromatic heterocycles. The molecule has 0 fully saturated rings. The van der Waals surface area contributed by atoms with Crippen molar-refractivity contribution in [3.63, 3.8) is 0 Å². The number of pyridine rings is 1. The second-order valence-corrected chi connectivity index (χ2v) is 5.77. The molecule has 0 spiro atoms. The second-order valence-electron chi connectivity index (χ2n) is 5.77. The van der Waals surface area contributed by atoms with Crippen molar-refractivity contribution in [2.75, 3.05) is 39.2 Å². The Labute approximate surface area is 173 Å². The fourth-order valence-corrected chi connectivity index (χ4v) is 2.22. The first-order valence-corrected chi connectivity index (χ1v) is 8.38. The van der Waals surface area contributed by atoms with Gasteiger partial charge in [-0.05, 0) is 17.7 Å². The molecule has 0 saturated heterocycles. The van der Waals surface area contributed by atoms with Gasteiger partial charge in [0, 0.05) is 27.7 Å². The maximum atomic E-state index is 5.66. The van der Waals surface area contributed by atoms with E-state index in [0.717, 1.165) is 17.5 Å². The number of anilines is 1. The SMILES string of the molecule is CN=C(NCCOCc1ccccc1)NCc1cccc(N(C)C)n1.I. The van der Waals surface area contributed by atoms with Crippen LogP contribution in [0, 0.1) is 0 Å². The van der Waals surface area contributed by atoms with Gasteiger partial charge in [0.2, 0.25) is 0 Å². The number of nitrogens with one attached hydrogen (secondary N) is 2. The van der Waals surface area contributed by atoms with Gasteiger partial charge in [-0.1, -0.05) is 36.4 Å². The molecule has 7 heteroatoms. The lowest BCUT2D eigenvalue weighted by Gasteiger charge is -2.14. The molecule has 0 radical (unpaired) electrons. The molecule has 0 saturated carbocycles. The smallest absolute Gasteiger partial charge is 0.191 e. The van der Waals surface area contributed by atoms with Crippen LogP contribution in [0.4, 0.5) is 5.82 Å². The molecule has 142 valence electrons. The molecular weight excluding hydrogens is 441 g/mol. The summed E-state index contributed by atoms with van der Waals surface area (Å²) in [7, 11) is 5.72. The molecule has 1 aromatic carbocycles. The van der Waals surface area contributed by atoms with Crippen molar-refractivity contribution in [2.45, 2.75) is 13.2 Å². The van der Waals surface area contributed by atoms with Gasteiger partial charge in [-0.2, -0.15) is 0 Å². The molecule has 26 heavy (non-hydrogen) atoms. The van der Waals surface area contributed by atoms with Gasteiger partial charge in [0.15, 0.2) is 5.96 Å². The van der Waals surface area contributed by atoms with Crippen LogP contribution in [0.2, 0.25) is 0 Å². The minimum atomic E-state index is 0. The summed E-state index contributed by atoms with van der Waals surface area (Å²) in [5.74, 6) is 1.68. The molecule has 1 heterocycles. The Morgan fingerprint density at radius 3 is 2.54 bits per heavy atom. The summed E-state index contributed by atoms with van der Waals surface area (Å²) in [6.07, 6.45) is 0. The van der Waals surface area contributed by atoms with Crippen LogP contribution in [0.3, 0.4) is 0 Å². The number of ether oxygens (including phenoxy) is 1. The van der Waals surface area contributed by atoms with Crippen LogP contribution in [-0.4, -0.2) is 45.2 Å². The number of rotatable bonds is 8. The molecule has 6 nitrogen and oxygen atoms in total. The number of halogens is 1. The van der Waals surface area contributed by atoms with Gasteiger partial charge in [0.25, 0.3) is 0 Å². The molecule has 0 bridgehead atoms. The van der Waals surface area contributed by atoms with Crippen LogP contribution in [-0.2, 0) is 17.9 Å². The lowest BCUT2D eigenvalue weighted by Crippen LogP contribution is -2.38. The van der Waals surface area contributed by atoms with E-state index >= 15 is 0 Å². The fraction of sp³-hybridized carbons (Fsp3) is 0.368. The van der Waals surface area contributed by atoms with Gasteiger partial charge in [-0.15, -0.1) is 24.0 Å². The number of nitrogens with zero attached hydrogens (tertiary/aromatic N) is 3. The van der Waals surface area contributed by atoms with Gasteiger partial charge < -0.3 is 20.3 Å². The molecule has 2 N–H and O–H groups in total. The third kappa shape index (κ3) is 8.01. The Hall–Kier alpha value is -1.87. The standard InChI is InChI=1S/C19H27N5O.HI/c1-20-19(21-12-13-25-15-16-8-5-4-6-9-16)22-14-17-10-7-11-18(23-17)24(2)3;/h4-11H,12-15H2,1-3H3,(H2,20,21,22);1H. The van der Waals surface area contributed by atoms with Gasteiger partial charge in [-0.25, -0.2) is 4.98 Å². The van der Waals surface area contributed by atoms with Crippen molar-refractivity contribution < 1.29 is 4.74 Å². The quantitative estimate of drug-likeness (QED) is 0.270. The Bertz CT molecular complexity index is 664. The number of aromatic nitrogens is 1. The van der Waals surface area contributed by atoms with Gasteiger partial charge in [0.1, 0.15) is 5.82 Å². The summed E-state index contributed by atoms with van der Waals surface area (Å²) in [4.78, 5) is 10.8. The number of hydrogen-bond donors (Lipinski definition) is 2. The number of guanidine groups is 1. The van der Waals surface area contributed by atoms with Crippen LogP contribution in [0.1, 0.15) is 11.3 Å². The van der Waals surface area contributed by atoms with E-state index in [1.54, 1.807) is 7.05 Å². The Morgan fingerprint density at radius 2 is 1.85 bits per heavy atom. The van der Waals surface area contributed by atoms with E-state index in [4.69, 9.17) is 4.74 Å². The zero-order valence-corrected chi connectivity index (χ0v) is 17.9. The zero-order valence-electron chi connectivity index (χ0n) is 15.6. The van der Waals surface area contributed by atoms with Crippen molar-refractivity contribution >= 4 is 35.8 Å². The topological polar surface area (TPSA) is 61.8 Å². The van der Waals surface area contributed by atoms with E-state index in [9.17, 15) is 0 Å². The van der Waals surface area contributed by atoms with Crippen LogP contribution in [0.15, 0.2) is 53.5 Å². The first-order chi connectivity index (χ1) is 12.2. The average Bonchev–Trinajstić information content (AvgIpc) is 2.65. The third-order valence-electron chi connectivity index (χ3n) is 3.56. The Morgan fingerprint density at radius 1 is 1.08 bits per heavy atom. The van der Waals surface area contributed by atoms with Crippen LogP contribution >= 0.6 is 24.0 Å². The molecule has 0 aliphatic rings. The van der Waals surface area contributed by atoms with E-state index in [-0.39, 0.29) is 24.0 Å². The molecular formula is C19H28IN5O. The highest BCUT2D eigenvalue weighted by Crippen LogP contribution is 2.07. The lowest BCUT2D eigenvalue weighted by molar-refractivity contribution is 0.125. The number of benzene rings is 1.